The molecule has 0 bridgehead atoms. The van der Waals surface area contributed by atoms with Crippen molar-refractivity contribution in [3.8, 4) is 0 Å². The Labute approximate surface area is 149 Å². The summed E-state index contributed by atoms with van der Waals surface area (Å²) in [5.41, 5.74) is -1.28. The van der Waals surface area contributed by atoms with Gasteiger partial charge >= 0.3 is 0 Å². The molecule has 0 atom stereocenters. The standard InChI is InChI=1S/C19H19F3N2O2/c1-19(2,18(26)24-16-8-7-13(20)11-15(16)22)17(25)23-10-9-12-5-3-4-6-14(12)21/h3-8,11H,9-10H2,1-2H3,(H,23,25)(H,24,26). The summed E-state index contributed by atoms with van der Waals surface area (Å²) in [7, 11) is 0. The molecule has 0 aliphatic heterocycles. The number of nitrogens with one attached hydrogen (secondary N) is 2. The minimum Gasteiger partial charge on any atom is -0.355 e. The Kier molecular flexibility index (Phi) is 6.02. The van der Waals surface area contributed by atoms with Gasteiger partial charge in [-0.3, -0.25) is 9.59 Å². The fraction of sp³-hybridized carbons (Fsp3) is 0.263. The van der Waals surface area contributed by atoms with E-state index in [1.165, 1.54) is 19.9 Å². The van der Waals surface area contributed by atoms with Gasteiger partial charge in [0.15, 0.2) is 0 Å². The van der Waals surface area contributed by atoms with Crippen molar-refractivity contribution in [2.75, 3.05) is 11.9 Å². The lowest BCUT2D eigenvalue weighted by Gasteiger charge is -2.23. The summed E-state index contributed by atoms with van der Waals surface area (Å²) in [6.45, 7) is 2.89. The van der Waals surface area contributed by atoms with E-state index in [1.807, 2.05) is 0 Å². The fourth-order valence-electron chi connectivity index (χ4n) is 2.21. The molecule has 0 saturated carbocycles. The van der Waals surface area contributed by atoms with Crippen LogP contribution in [0.3, 0.4) is 0 Å². The average molecular weight is 364 g/mol. The van der Waals surface area contributed by atoms with Crippen LogP contribution in [0.5, 0.6) is 0 Å². The minimum atomic E-state index is -1.50. The molecule has 0 aromatic heterocycles. The van der Waals surface area contributed by atoms with Crippen molar-refractivity contribution in [2.45, 2.75) is 20.3 Å². The maximum Gasteiger partial charge on any atom is 0.239 e. The van der Waals surface area contributed by atoms with Gasteiger partial charge in [-0.25, -0.2) is 13.2 Å². The summed E-state index contributed by atoms with van der Waals surface area (Å²) in [5, 5.41) is 4.84. The van der Waals surface area contributed by atoms with Crippen LogP contribution in [0.4, 0.5) is 18.9 Å². The predicted molar refractivity (Wildman–Crippen MR) is 91.9 cm³/mol. The van der Waals surface area contributed by atoms with Gasteiger partial charge in [0.2, 0.25) is 11.8 Å². The Hall–Kier alpha value is -2.83. The van der Waals surface area contributed by atoms with E-state index in [2.05, 4.69) is 10.6 Å². The number of benzene rings is 2. The normalized spacial score (nSPS) is 11.1. The van der Waals surface area contributed by atoms with Gasteiger partial charge in [0, 0.05) is 12.6 Å². The molecule has 0 aliphatic carbocycles. The number of anilines is 1. The van der Waals surface area contributed by atoms with Crippen LogP contribution in [0.15, 0.2) is 42.5 Å². The zero-order valence-corrected chi connectivity index (χ0v) is 14.4. The second kappa shape index (κ2) is 8.03. The van der Waals surface area contributed by atoms with Gasteiger partial charge in [0.05, 0.1) is 5.69 Å². The molecule has 2 aromatic rings. The Balaban J connectivity index is 1.95. The van der Waals surface area contributed by atoms with E-state index in [9.17, 15) is 22.8 Å². The molecule has 2 N–H and O–H groups in total. The maximum atomic E-state index is 13.6. The van der Waals surface area contributed by atoms with Crippen molar-refractivity contribution in [1.29, 1.82) is 0 Å². The third-order valence-corrected chi connectivity index (χ3v) is 3.95. The number of rotatable bonds is 6. The number of halogens is 3. The number of carbonyl (C=O) groups is 2. The van der Waals surface area contributed by atoms with E-state index in [0.717, 1.165) is 12.1 Å². The molecule has 2 amide bonds. The molecule has 26 heavy (non-hydrogen) atoms. The van der Waals surface area contributed by atoms with Crippen LogP contribution < -0.4 is 10.6 Å². The monoisotopic (exact) mass is 364 g/mol. The molecule has 7 heteroatoms. The van der Waals surface area contributed by atoms with Crippen molar-refractivity contribution < 1.29 is 22.8 Å². The van der Waals surface area contributed by atoms with Gasteiger partial charge < -0.3 is 10.6 Å². The number of hydrogen-bond donors (Lipinski definition) is 2. The summed E-state index contributed by atoms with van der Waals surface area (Å²) >= 11 is 0. The molecule has 0 unspecified atom stereocenters. The number of carbonyl (C=O) groups excluding carboxylic acids is 2. The summed E-state index contributed by atoms with van der Waals surface area (Å²) in [6.07, 6.45) is 0.267. The van der Waals surface area contributed by atoms with Crippen LogP contribution in [0.2, 0.25) is 0 Å². The van der Waals surface area contributed by atoms with Gasteiger partial charge in [-0.2, -0.15) is 0 Å². The topological polar surface area (TPSA) is 58.2 Å². The first-order chi connectivity index (χ1) is 12.2. The lowest BCUT2D eigenvalue weighted by atomic mass is 9.90. The molecule has 0 saturated heterocycles. The SMILES string of the molecule is CC(C)(C(=O)NCCc1ccccc1F)C(=O)Nc1ccc(F)cc1F. The van der Waals surface area contributed by atoms with Crippen molar-refractivity contribution in [2.24, 2.45) is 5.41 Å². The highest BCUT2D eigenvalue weighted by Crippen LogP contribution is 2.21. The number of amides is 2. The lowest BCUT2D eigenvalue weighted by molar-refractivity contribution is -0.138. The zero-order chi connectivity index (χ0) is 19.3. The van der Waals surface area contributed by atoms with Gasteiger partial charge in [-0.1, -0.05) is 18.2 Å². The molecule has 2 aromatic carbocycles. The molecule has 0 heterocycles. The third kappa shape index (κ3) is 4.62. The highest BCUT2D eigenvalue weighted by atomic mass is 19.1. The van der Waals surface area contributed by atoms with E-state index in [1.54, 1.807) is 18.2 Å². The summed E-state index contributed by atoms with van der Waals surface area (Å²) in [4.78, 5) is 24.6. The van der Waals surface area contributed by atoms with E-state index in [0.29, 0.717) is 11.6 Å². The second-order valence-electron chi connectivity index (χ2n) is 6.30. The minimum absolute atomic E-state index is 0.140. The maximum absolute atomic E-state index is 13.6. The fourth-order valence-corrected chi connectivity index (χ4v) is 2.21. The van der Waals surface area contributed by atoms with Crippen LogP contribution in [0.1, 0.15) is 19.4 Å². The quantitative estimate of drug-likeness (QED) is 0.772. The molecule has 138 valence electrons. The molecule has 2 rings (SSSR count). The van der Waals surface area contributed by atoms with Crippen molar-refractivity contribution in [1.82, 2.24) is 5.32 Å². The summed E-state index contributed by atoms with van der Waals surface area (Å²) in [5.74, 6) is -3.41. The molecule has 0 fully saturated rings. The van der Waals surface area contributed by atoms with E-state index >= 15 is 0 Å². The first-order valence-corrected chi connectivity index (χ1v) is 8.00. The van der Waals surface area contributed by atoms with Gasteiger partial charge in [-0.15, -0.1) is 0 Å². The smallest absolute Gasteiger partial charge is 0.239 e. The van der Waals surface area contributed by atoms with Crippen LogP contribution >= 0.6 is 0 Å². The third-order valence-electron chi connectivity index (χ3n) is 3.95. The van der Waals surface area contributed by atoms with Gasteiger partial charge in [0.25, 0.3) is 0 Å². The Morgan fingerprint density at radius 2 is 1.65 bits per heavy atom. The summed E-state index contributed by atoms with van der Waals surface area (Å²) < 4.78 is 40.1. The molecule has 4 nitrogen and oxygen atoms in total. The van der Waals surface area contributed by atoms with Crippen molar-refractivity contribution >= 4 is 17.5 Å². The largest absolute Gasteiger partial charge is 0.355 e. The van der Waals surface area contributed by atoms with E-state index < -0.39 is 28.9 Å². The zero-order valence-electron chi connectivity index (χ0n) is 14.4. The number of hydrogen-bond acceptors (Lipinski definition) is 2. The highest BCUT2D eigenvalue weighted by Gasteiger charge is 2.36. The van der Waals surface area contributed by atoms with Gasteiger partial charge in [0.1, 0.15) is 22.9 Å². The lowest BCUT2D eigenvalue weighted by Crippen LogP contribution is -2.45. The van der Waals surface area contributed by atoms with E-state index in [4.69, 9.17) is 0 Å². The molecular weight excluding hydrogens is 345 g/mol. The van der Waals surface area contributed by atoms with Gasteiger partial charge in [-0.05, 0) is 44.0 Å². The van der Waals surface area contributed by atoms with Crippen molar-refractivity contribution in [3.63, 3.8) is 0 Å². The van der Waals surface area contributed by atoms with Crippen LogP contribution in [-0.2, 0) is 16.0 Å². The first kappa shape index (κ1) is 19.5. The second-order valence-corrected chi connectivity index (χ2v) is 6.30. The van der Waals surface area contributed by atoms with Crippen LogP contribution in [-0.4, -0.2) is 18.4 Å². The molecular formula is C19H19F3N2O2. The Morgan fingerprint density at radius 3 is 2.31 bits per heavy atom. The van der Waals surface area contributed by atoms with Crippen LogP contribution in [0, 0.1) is 22.9 Å². The highest BCUT2D eigenvalue weighted by molar-refractivity contribution is 6.09. The van der Waals surface area contributed by atoms with Crippen LogP contribution in [0.25, 0.3) is 0 Å². The Bertz CT molecular complexity index is 822. The summed E-state index contributed by atoms with van der Waals surface area (Å²) in [6, 6.07) is 8.91. The van der Waals surface area contributed by atoms with E-state index in [-0.39, 0.29) is 24.5 Å². The Morgan fingerprint density at radius 1 is 0.962 bits per heavy atom. The molecule has 0 radical (unpaired) electrons. The van der Waals surface area contributed by atoms with Crippen molar-refractivity contribution in [3.05, 3.63) is 65.5 Å². The average Bonchev–Trinajstić information content (AvgIpc) is 2.58. The first-order valence-electron chi connectivity index (χ1n) is 8.00. The predicted octanol–water partition coefficient (Wildman–Crippen LogP) is 3.43. The molecule has 0 aliphatic rings. The molecule has 0 spiro atoms.